The maximum Gasteiger partial charge on any atom is 0.222 e. The van der Waals surface area contributed by atoms with E-state index in [2.05, 4.69) is 33.8 Å². The van der Waals surface area contributed by atoms with Gasteiger partial charge in [-0.15, -0.1) is 0 Å². The lowest BCUT2D eigenvalue weighted by atomic mass is 9.60. The van der Waals surface area contributed by atoms with Crippen molar-refractivity contribution in [2.75, 3.05) is 11.9 Å². The van der Waals surface area contributed by atoms with E-state index in [1.54, 1.807) is 24.5 Å². The van der Waals surface area contributed by atoms with Crippen LogP contribution in [0.4, 0.5) is 10.3 Å². The summed E-state index contributed by atoms with van der Waals surface area (Å²) in [6, 6.07) is 5.09. The third kappa shape index (κ3) is 4.46. The lowest BCUT2D eigenvalue weighted by Crippen LogP contribution is -2.47. The number of halogens is 1. The van der Waals surface area contributed by atoms with Gasteiger partial charge in [0.25, 0.3) is 0 Å². The van der Waals surface area contributed by atoms with Crippen LogP contribution in [0.25, 0.3) is 5.57 Å². The van der Waals surface area contributed by atoms with Crippen LogP contribution in [0.5, 0.6) is 0 Å². The highest BCUT2D eigenvalue weighted by Gasteiger charge is 2.46. The minimum Gasteiger partial charge on any atom is -0.353 e. The van der Waals surface area contributed by atoms with Crippen molar-refractivity contribution in [1.29, 1.82) is 5.26 Å². The van der Waals surface area contributed by atoms with Crippen molar-refractivity contribution in [3.05, 3.63) is 77.7 Å². The fraction of sp³-hybridized carbons (Fsp3) is 0.333. The van der Waals surface area contributed by atoms with Crippen molar-refractivity contribution in [3.8, 4) is 6.07 Å². The Hall–Kier alpha value is -3.33. The van der Waals surface area contributed by atoms with Gasteiger partial charge >= 0.3 is 0 Å². The number of nitrogens with one attached hydrogen (secondary N) is 1. The molecule has 0 unspecified atom stereocenters. The maximum atomic E-state index is 14.4. The third-order valence-electron chi connectivity index (χ3n) is 5.53. The monoisotopic (exact) mass is 403 g/mol. The number of rotatable bonds is 7. The number of hydrogen-bond donors (Lipinski definition) is 1. The fourth-order valence-corrected chi connectivity index (χ4v) is 4.12. The van der Waals surface area contributed by atoms with Crippen LogP contribution < -0.4 is 5.32 Å². The zero-order valence-electron chi connectivity index (χ0n) is 17.6. The molecule has 2 heterocycles. The van der Waals surface area contributed by atoms with Crippen LogP contribution in [0.1, 0.15) is 43.6 Å². The lowest BCUT2D eigenvalue weighted by Gasteiger charge is -2.46. The minimum atomic E-state index is -0.338. The van der Waals surface area contributed by atoms with Gasteiger partial charge in [-0.2, -0.15) is 5.26 Å². The van der Waals surface area contributed by atoms with Gasteiger partial charge in [-0.05, 0) is 56.4 Å². The second-order valence-electron chi connectivity index (χ2n) is 7.89. The number of anilines is 1. The van der Waals surface area contributed by atoms with Gasteiger partial charge in [0.15, 0.2) is 0 Å². The van der Waals surface area contributed by atoms with Crippen LogP contribution in [-0.2, 0) is 5.41 Å². The van der Waals surface area contributed by atoms with Gasteiger partial charge in [0.05, 0.1) is 17.5 Å². The van der Waals surface area contributed by atoms with Crippen LogP contribution in [0.2, 0.25) is 0 Å². The highest BCUT2D eigenvalue weighted by atomic mass is 19.1. The van der Waals surface area contributed by atoms with Crippen LogP contribution >= 0.6 is 0 Å². The zero-order chi connectivity index (χ0) is 21.7. The fourth-order valence-electron chi connectivity index (χ4n) is 4.12. The summed E-state index contributed by atoms with van der Waals surface area (Å²) in [6.07, 6.45) is 10.6. The highest BCUT2D eigenvalue weighted by Crippen LogP contribution is 2.47. The van der Waals surface area contributed by atoms with E-state index in [0.717, 1.165) is 29.7 Å². The van der Waals surface area contributed by atoms with Crippen LogP contribution in [0.15, 0.2) is 54.9 Å². The van der Waals surface area contributed by atoms with Crippen molar-refractivity contribution in [2.24, 2.45) is 5.92 Å². The normalized spacial score (nSPS) is 21.2. The highest BCUT2D eigenvalue weighted by molar-refractivity contribution is 5.75. The molecule has 0 radical (unpaired) electrons. The molecule has 1 aliphatic rings. The van der Waals surface area contributed by atoms with Gasteiger partial charge in [0.1, 0.15) is 5.82 Å². The molecule has 0 aromatic carbocycles. The maximum absolute atomic E-state index is 14.4. The van der Waals surface area contributed by atoms with Crippen molar-refractivity contribution in [1.82, 2.24) is 15.0 Å². The van der Waals surface area contributed by atoms with Crippen molar-refractivity contribution < 1.29 is 4.39 Å². The number of allylic oxidation sites excluding steroid dienone is 5. The van der Waals surface area contributed by atoms with E-state index in [1.165, 1.54) is 6.07 Å². The van der Waals surface area contributed by atoms with E-state index in [9.17, 15) is 4.39 Å². The number of aryl methyl sites for hydroxylation is 1. The average molecular weight is 404 g/mol. The van der Waals surface area contributed by atoms with E-state index in [0.29, 0.717) is 29.7 Å². The first-order valence-corrected chi connectivity index (χ1v) is 10.0. The second-order valence-corrected chi connectivity index (χ2v) is 7.89. The molecular weight excluding hydrogens is 377 g/mol. The van der Waals surface area contributed by atoms with E-state index in [1.807, 2.05) is 32.1 Å². The summed E-state index contributed by atoms with van der Waals surface area (Å²) in [7, 11) is 0. The molecule has 1 aliphatic carbocycles. The third-order valence-corrected chi connectivity index (χ3v) is 5.53. The quantitative estimate of drug-likeness (QED) is 0.512. The molecule has 5 nitrogen and oxygen atoms in total. The van der Waals surface area contributed by atoms with Gasteiger partial charge in [0.2, 0.25) is 5.95 Å². The predicted octanol–water partition coefficient (Wildman–Crippen LogP) is 5.14. The summed E-state index contributed by atoms with van der Waals surface area (Å²) in [5.74, 6) is 0.778. The first-order valence-electron chi connectivity index (χ1n) is 10.0. The molecule has 1 saturated carbocycles. The van der Waals surface area contributed by atoms with Gasteiger partial charge in [-0.3, -0.25) is 4.98 Å². The molecule has 3 rings (SSSR count). The number of hydrogen-bond acceptors (Lipinski definition) is 5. The summed E-state index contributed by atoms with van der Waals surface area (Å²) >= 11 is 0. The Morgan fingerprint density at radius 2 is 2.17 bits per heavy atom. The standard InChI is InChI=1S/C24H26FN5/c1-5-19(9-8-16(2)13-26)20-14-28-23(30-18(20)4)29-15-24(11-17(3)12-24)22-21(25)7-6-10-27-22/h5-10,14,17H,2,11-12,15H2,1,3-4H3,(H,28,29,30)/b9-8-,19-5+. The summed E-state index contributed by atoms with van der Waals surface area (Å²) < 4.78 is 14.4. The van der Waals surface area contributed by atoms with Gasteiger partial charge in [-0.1, -0.05) is 25.7 Å². The number of pyridine rings is 1. The van der Waals surface area contributed by atoms with E-state index >= 15 is 0 Å². The molecule has 2 aromatic rings. The van der Waals surface area contributed by atoms with E-state index in [-0.39, 0.29) is 11.2 Å². The predicted molar refractivity (Wildman–Crippen MR) is 117 cm³/mol. The number of nitrogens with zero attached hydrogens (tertiary/aromatic N) is 4. The van der Waals surface area contributed by atoms with E-state index < -0.39 is 0 Å². The molecule has 6 heteroatoms. The summed E-state index contributed by atoms with van der Waals surface area (Å²) in [6.45, 7) is 10.2. The molecule has 0 saturated heterocycles. The topological polar surface area (TPSA) is 74.5 Å². The molecule has 154 valence electrons. The second kappa shape index (κ2) is 9.00. The Morgan fingerprint density at radius 3 is 2.77 bits per heavy atom. The van der Waals surface area contributed by atoms with Crippen LogP contribution in [0.3, 0.4) is 0 Å². The first kappa shape index (κ1) is 21.4. The average Bonchev–Trinajstić information content (AvgIpc) is 2.72. The summed E-state index contributed by atoms with van der Waals surface area (Å²) in [4.78, 5) is 13.4. The Kier molecular flexibility index (Phi) is 6.41. The Balaban J connectivity index is 1.77. The number of nitriles is 1. The van der Waals surface area contributed by atoms with Gasteiger partial charge < -0.3 is 5.32 Å². The Morgan fingerprint density at radius 1 is 1.40 bits per heavy atom. The first-order chi connectivity index (χ1) is 14.4. The SMILES string of the molecule is C=C(C#N)/C=C\C(=C/C)c1cnc(NCC2(c3ncccc3F)CC(C)C2)nc1C. The van der Waals surface area contributed by atoms with Crippen LogP contribution in [-0.4, -0.2) is 21.5 Å². The van der Waals surface area contributed by atoms with E-state index in [4.69, 9.17) is 5.26 Å². The summed E-state index contributed by atoms with van der Waals surface area (Å²) in [5, 5.41) is 12.2. The van der Waals surface area contributed by atoms with Crippen molar-refractivity contribution >= 4 is 11.5 Å². The molecule has 0 amide bonds. The number of aromatic nitrogens is 3. The molecule has 0 spiro atoms. The summed E-state index contributed by atoms with van der Waals surface area (Å²) in [5.41, 5.74) is 3.17. The smallest absolute Gasteiger partial charge is 0.222 e. The van der Waals surface area contributed by atoms with Crippen molar-refractivity contribution in [3.63, 3.8) is 0 Å². The Bertz CT molecular complexity index is 1040. The van der Waals surface area contributed by atoms with Crippen molar-refractivity contribution in [2.45, 2.75) is 39.0 Å². The van der Waals surface area contributed by atoms with Gasteiger partial charge in [-0.25, -0.2) is 14.4 Å². The molecular formula is C24H26FN5. The zero-order valence-corrected chi connectivity index (χ0v) is 17.6. The molecule has 1 N–H and O–H groups in total. The molecule has 2 aromatic heterocycles. The van der Waals surface area contributed by atoms with Gasteiger partial charge in [0, 0.05) is 35.5 Å². The molecule has 0 atom stereocenters. The lowest BCUT2D eigenvalue weighted by molar-refractivity contribution is 0.159. The Labute approximate surface area is 177 Å². The molecule has 0 aliphatic heterocycles. The largest absolute Gasteiger partial charge is 0.353 e. The molecule has 30 heavy (non-hydrogen) atoms. The minimum absolute atomic E-state index is 0.262. The van der Waals surface area contributed by atoms with Crippen LogP contribution in [0, 0.1) is 30.0 Å². The molecule has 1 fully saturated rings. The molecule has 0 bridgehead atoms.